The van der Waals surface area contributed by atoms with Crippen molar-refractivity contribution in [2.45, 2.75) is 43.4 Å². The lowest BCUT2D eigenvalue weighted by Crippen LogP contribution is -2.20. The van der Waals surface area contributed by atoms with Gasteiger partial charge in [0.2, 0.25) is 0 Å². The van der Waals surface area contributed by atoms with Crippen molar-refractivity contribution in [1.29, 1.82) is 0 Å². The minimum Gasteiger partial charge on any atom is -0.309 e. The average molecular weight is 319 g/mol. The van der Waals surface area contributed by atoms with E-state index in [0.29, 0.717) is 11.3 Å². The van der Waals surface area contributed by atoms with E-state index in [1.807, 2.05) is 12.3 Å². The summed E-state index contributed by atoms with van der Waals surface area (Å²) in [5.41, 5.74) is 2.19. The molecule has 1 atom stereocenters. The SMILES string of the molecule is c1cnc2c(c1)nc(C1CCCCS1)n2C1CCSCC1. The van der Waals surface area contributed by atoms with Crippen LogP contribution in [-0.4, -0.2) is 31.8 Å². The van der Waals surface area contributed by atoms with Crippen LogP contribution < -0.4 is 0 Å². The first kappa shape index (κ1) is 13.9. The van der Waals surface area contributed by atoms with Gasteiger partial charge in [-0.3, -0.25) is 0 Å². The van der Waals surface area contributed by atoms with Crippen molar-refractivity contribution in [1.82, 2.24) is 14.5 Å². The van der Waals surface area contributed by atoms with Crippen LogP contribution in [0, 0.1) is 0 Å². The molecule has 4 heterocycles. The highest BCUT2D eigenvalue weighted by atomic mass is 32.2. The largest absolute Gasteiger partial charge is 0.309 e. The summed E-state index contributed by atoms with van der Waals surface area (Å²) in [4.78, 5) is 9.64. The first-order valence-electron chi connectivity index (χ1n) is 7.95. The number of thioether (sulfide) groups is 2. The van der Waals surface area contributed by atoms with Gasteiger partial charge in [0.05, 0.1) is 5.25 Å². The number of aromatic nitrogens is 3. The molecule has 2 aliphatic heterocycles. The third-order valence-corrected chi connectivity index (χ3v) is 6.92. The molecule has 3 nitrogen and oxygen atoms in total. The van der Waals surface area contributed by atoms with Crippen LogP contribution in [0.15, 0.2) is 18.3 Å². The fourth-order valence-corrected chi connectivity index (χ4v) is 5.81. The summed E-state index contributed by atoms with van der Waals surface area (Å²) in [5.74, 6) is 5.12. The van der Waals surface area contributed by atoms with Crippen LogP contribution >= 0.6 is 23.5 Å². The molecule has 0 bridgehead atoms. The van der Waals surface area contributed by atoms with Gasteiger partial charge in [-0.1, -0.05) is 6.42 Å². The van der Waals surface area contributed by atoms with Gasteiger partial charge in [-0.2, -0.15) is 23.5 Å². The molecule has 2 aliphatic rings. The molecule has 0 N–H and O–H groups in total. The van der Waals surface area contributed by atoms with E-state index >= 15 is 0 Å². The molecule has 2 fully saturated rings. The molecule has 2 aromatic rings. The molecule has 0 aliphatic carbocycles. The minimum atomic E-state index is 0.572. The molecule has 0 spiro atoms. The molecule has 0 radical (unpaired) electrons. The Morgan fingerprint density at radius 1 is 1.10 bits per heavy atom. The third-order valence-electron chi connectivity index (χ3n) is 4.50. The number of nitrogens with zero attached hydrogens (tertiary/aromatic N) is 3. The summed E-state index contributed by atoms with van der Waals surface area (Å²) in [6.45, 7) is 0. The second-order valence-electron chi connectivity index (χ2n) is 5.88. The van der Waals surface area contributed by atoms with E-state index in [2.05, 4.69) is 39.1 Å². The Hall–Kier alpha value is -0.680. The third kappa shape index (κ3) is 2.70. The number of hydrogen-bond acceptors (Lipinski definition) is 4. The maximum Gasteiger partial charge on any atom is 0.160 e. The summed E-state index contributed by atoms with van der Waals surface area (Å²) in [7, 11) is 0. The number of rotatable bonds is 2. The van der Waals surface area contributed by atoms with Crippen molar-refractivity contribution in [2.75, 3.05) is 17.3 Å². The van der Waals surface area contributed by atoms with Crippen LogP contribution in [0.1, 0.15) is 49.2 Å². The van der Waals surface area contributed by atoms with E-state index in [0.717, 1.165) is 11.2 Å². The van der Waals surface area contributed by atoms with E-state index in [1.165, 1.54) is 55.2 Å². The highest BCUT2D eigenvalue weighted by Gasteiger charge is 2.27. The monoisotopic (exact) mass is 319 g/mol. The Morgan fingerprint density at radius 2 is 2.00 bits per heavy atom. The summed E-state index contributed by atoms with van der Waals surface area (Å²) in [6.07, 6.45) is 8.41. The van der Waals surface area contributed by atoms with Crippen molar-refractivity contribution in [3.05, 3.63) is 24.2 Å². The van der Waals surface area contributed by atoms with Crippen molar-refractivity contribution in [2.24, 2.45) is 0 Å². The van der Waals surface area contributed by atoms with E-state index in [4.69, 9.17) is 4.98 Å². The molecule has 2 aromatic heterocycles. The van der Waals surface area contributed by atoms with Crippen LogP contribution in [-0.2, 0) is 0 Å². The van der Waals surface area contributed by atoms with Gasteiger partial charge in [0, 0.05) is 12.2 Å². The molecule has 5 heteroatoms. The minimum absolute atomic E-state index is 0.572. The highest BCUT2D eigenvalue weighted by molar-refractivity contribution is 7.99. The summed E-state index contributed by atoms with van der Waals surface area (Å²) in [5, 5.41) is 0.572. The predicted octanol–water partition coefficient (Wildman–Crippen LogP) is 4.46. The lowest BCUT2D eigenvalue weighted by atomic mass is 10.1. The Kier molecular flexibility index (Phi) is 4.12. The van der Waals surface area contributed by atoms with E-state index in [9.17, 15) is 0 Å². The van der Waals surface area contributed by atoms with E-state index in [-0.39, 0.29) is 0 Å². The molecule has 0 saturated carbocycles. The zero-order valence-electron chi connectivity index (χ0n) is 12.2. The standard InChI is InChI=1S/C16H21N3S2/c1-2-9-21-14(5-1)16-18-13-4-3-8-17-15(13)19(16)12-6-10-20-11-7-12/h3-4,8,12,14H,1-2,5-7,9-11H2. The molecule has 4 rings (SSSR count). The van der Waals surface area contributed by atoms with Crippen molar-refractivity contribution < 1.29 is 0 Å². The van der Waals surface area contributed by atoms with Gasteiger partial charge >= 0.3 is 0 Å². The molecule has 1 unspecified atom stereocenters. The Bertz CT molecular complexity index is 613. The lowest BCUT2D eigenvalue weighted by molar-refractivity contribution is 0.455. The first-order chi connectivity index (χ1) is 10.4. The Balaban J connectivity index is 1.79. The zero-order chi connectivity index (χ0) is 14.1. The number of fused-ring (bicyclic) bond motifs is 1. The van der Waals surface area contributed by atoms with Gasteiger partial charge < -0.3 is 4.57 Å². The second kappa shape index (κ2) is 6.21. The van der Waals surface area contributed by atoms with E-state index in [1.54, 1.807) is 0 Å². The molecule has 21 heavy (non-hydrogen) atoms. The fourth-order valence-electron chi connectivity index (χ4n) is 3.42. The molecule has 2 saturated heterocycles. The molecule has 0 aromatic carbocycles. The van der Waals surface area contributed by atoms with Gasteiger partial charge in [-0.05, 0) is 55.1 Å². The van der Waals surface area contributed by atoms with E-state index < -0.39 is 0 Å². The van der Waals surface area contributed by atoms with Crippen LogP contribution in [0.4, 0.5) is 0 Å². The second-order valence-corrected chi connectivity index (χ2v) is 8.42. The van der Waals surface area contributed by atoms with Crippen LogP contribution in [0.25, 0.3) is 11.2 Å². The van der Waals surface area contributed by atoms with Crippen molar-refractivity contribution >= 4 is 34.7 Å². The van der Waals surface area contributed by atoms with Crippen molar-refractivity contribution in [3.63, 3.8) is 0 Å². The average Bonchev–Trinajstić information content (AvgIpc) is 2.96. The predicted molar refractivity (Wildman–Crippen MR) is 92.2 cm³/mol. The number of pyridine rings is 1. The summed E-state index contributed by atoms with van der Waals surface area (Å²) < 4.78 is 2.50. The maximum absolute atomic E-state index is 4.98. The molecular formula is C16H21N3S2. The molecule has 112 valence electrons. The first-order valence-corrected chi connectivity index (χ1v) is 10.2. The Labute approximate surface area is 134 Å². The zero-order valence-corrected chi connectivity index (χ0v) is 13.8. The maximum atomic E-state index is 4.98. The van der Waals surface area contributed by atoms with Crippen LogP contribution in [0.2, 0.25) is 0 Å². The number of imidazole rings is 1. The number of hydrogen-bond donors (Lipinski definition) is 0. The smallest absolute Gasteiger partial charge is 0.160 e. The summed E-state index contributed by atoms with van der Waals surface area (Å²) >= 11 is 4.18. The van der Waals surface area contributed by atoms with Gasteiger partial charge in [0.15, 0.2) is 5.65 Å². The molecule has 0 amide bonds. The lowest BCUT2D eigenvalue weighted by Gasteiger charge is -2.28. The highest BCUT2D eigenvalue weighted by Crippen LogP contribution is 2.41. The van der Waals surface area contributed by atoms with Crippen molar-refractivity contribution in [3.8, 4) is 0 Å². The van der Waals surface area contributed by atoms with Gasteiger partial charge in [-0.15, -0.1) is 0 Å². The quantitative estimate of drug-likeness (QED) is 0.818. The van der Waals surface area contributed by atoms with Crippen LogP contribution in [0.3, 0.4) is 0 Å². The van der Waals surface area contributed by atoms with Crippen LogP contribution in [0.5, 0.6) is 0 Å². The van der Waals surface area contributed by atoms with Gasteiger partial charge in [0.1, 0.15) is 11.3 Å². The Morgan fingerprint density at radius 3 is 2.81 bits per heavy atom. The summed E-state index contributed by atoms with van der Waals surface area (Å²) in [6, 6.07) is 4.73. The van der Waals surface area contributed by atoms with Gasteiger partial charge in [0.25, 0.3) is 0 Å². The topological polar surface area (TPSA) is 30.7 Å². The normalized spacial score (nSPS) is 24.5. The van der Waals surface area contributed by atoms with Gasteiger partial charge in [-0.25, -0.2) is 9.97 Å². The fraction of sp³-hybridized carbons (Fsp3) is 0.625. The molecular weight excluding hydrogens is 298 g/mol.